The van der Waals surface area contributed by atoms with E-state index in [0.717, 1.165) is 11.1 Å². The van der Waals surface area contributed by atoms with Gasteiger partial charge in [0.05, 0.1) is 17.7 Å². The van der Waals surface area contributed by atoms with Crippen molar-refractivity contribution in [1.29, 1.82) is 0 Å². The van der Waals surface area contributed by atoms with E-state index in [1.807, 2.05) is 42.5 Å². The van der Waals surface area contributed by atoms with Crippen LogP contribution in [-0.2, 0) is 6.61 Å². The number of benzene rings is 3. The number of nitrogens with zero attached hydrogens (tertiary/aromatic N) is 2. The Bertz CT molecular complexity index is 1140. The SMILES string of the molecule is COc1ccc(Cl)cc1-c1noc(-c2cccc(COc3ccccc3Cl)c2)n1. The Hall–Kier alpha value is -3.02. The van der Waals surface area contributed by atoms with Crippen LogP contribution in [-0.4, -0.2) is 17.3 Å². The largest absolute Gasteiger partial charge is 0.496 e. The first-order valence-corrected chi connectivity index (χ1v) is 9.54. The molecule has 0 bridgehead atoms. The lowest BCUT2D eigenvalue weighted by molar-refractivity contribution is 0.306. The topological polar surface area (TPSA) is 57.4 Å². The van der Waals surface area contributed by atoms with E-state index >= 15 is 0 Å². The van der Waals surface area contributed by atoms with Crippen LogP contribution in [0.4, 0.5) is 0 Å². The van der Waals surface area contributed by atoms with Gasteiger partial charge in [0.15, 0.2) is 0 Å². The zero-order chi connectivity index (χ0) is 20.2. The fourth-order valence-electron chi connectivity index (χ4n) is 2.82. The minimum absolute atomic E-state index is 0.362. The number of methoxy groups -OCH3 is 1. The second kappa shape index (κ2) is 8.55. The summed E-state index contributed by atoms with van der Waals surface area (Å²) in [7, 11) is 1.58. The predicted octanol–water partition coefficient (Wildman–Crippen LogP) is 6.30. The molecule has 0 atom stereocenters. The van der Waals surface area contributed by atoms with E-state index < -0.39 is 0 Å². The van der Waals surface area contributed by atoms with E-state index in [1.165, 1.54) is 0 Å². The lowest BCUT2D eigenvalue weighted by Gasteiger charge is -2.08. The zero-order valence-corrected chi connectivity index (χ0v) is 16.9. The molecule has 7 heteroatoms. The molecule has 3 aromatic carbocycles. The zero-order valence-electron chi connectivity index (χ0n) is 15.4. The van der Waals surface area contributed by atoms with Crippen molar-refractivity contribution in [3.8, 4) is 34.3 Å². The summed E-state index contributed by atoms with van der Waals surface area (Å²) < 4.78 is 16.6. The van der Waals surface area contributed by atoms with Crippen LogP contribution in [0.1, 0.15) is 5.56 Å². The molecular weight excluding hydrogens is 411 g/mol. The highest BCUT2D eigenvalue weighted by Gasteiger charge is 2.15. The van der Waals surface area contributed by atoms with Crippen molar-refractivity contribution in [2.45, 2.75) is 6.61 Å². The molecule has 0 N–H and O–H groups in total. The average Bonchev–Trinajstić information content (AvgIpc) is 3.23. The number of aromatic nitrogens is 2. The third-order valence-electron chi connectivity index (χ3n) is 4.23. The number of hydrogen-bond donors (Lipinski definition) is 0. The summed E-state index contributed by atoms with van der Waals surface area (Å²) in [6.07, 6.45) is 0. The summed E-state index contributed by atoms with van der Waals surface area (Å²) in [5.74, 6) is 2.04. The molecule has 0 radical (unpaired) electrons. The first-order valence-electron chi connectivity index (χ1n) is 8.78. The third kappa shape index (κ3) is 4.36. The number of ether oxygens (including phenoxy) is 2. The molecule has 0 unspecified atom stereocenters. The summed E-state index contributed by atoms with van der Waals surface area (Å²) in [5, 5.41) is 5.20. The molecule has 1 aromatic heterocycles. The summed E-state index contributed by atoms with van der Waals surface area (Å²) in [4.78, 5) is 4.50. The summed E-state index contributed by atoms with van der Waals surface area (Å²) >= 11 is 12.2. The van der Waals surface area contributed by atoms with Gasteiger partial charge in [-0.15, -0.1) is 0 Å². The van der Waals surface area contributed by atoms with Gasteiger partial charge in [-0.3, -0.25) is 0 Å². The van der Waals surface area contributed by atoms with Crippen LogP contribution in [0.15, 0.2) is 71.3 Å². The number of hydrogen-bond acceptors (Lipinski definition) is 5. The van der Waals surface area contributed by atoms with Crippen molar-refractivity contribution in [2.75, 3.05) is 7.11 Å². The van der Waals surface area contributed by atoms with Gasteiger partial charge in [0.2, 0.25) is 5.82 Å². The third-order valence-corrected chi connectivity index (χ3v) is 4.78. The maximum absolute atomic E-state index is 6.14. The Morgan fingerprint density at radius 2 is 1.79 bits per heavy atom. The smallest absolute Gasteiger partial charge is 0.258 e. The second-order valence-corrected chi connectivity index (χ2v) is 7.03. The highest BCUT2D eigenvalue weighted by atomic mass is 35.5. The molecule has 0 amide bonds. The van der Waals surface area contributed by atoms with Crippen LogP contribution in [0.2, 0.25) is 10.0 Å². The molecule has 5 nitrogen and oxygen atoms in total. The maximum Gasteiger partial charge on any atom is 0.258 e. The molecule has 0 aliphatic carbocycles. The number of para-hydroxylation sites is 1. The van der Waals surface area contributed by atoms with Crippen molar-refractivity contribution in [1.82, 2.24) is 10.1 Å². The van der Waals surface area contributed by atoms with Crippen molar-refractivity contribution < 1.29 is 14.0 Å². The molecule has 29 heavy (non-hydrogen) atoms. The van der Waals surface area contributed by atoms with E-state index in [4.69, 9.17) is 37.2 Å². The van der Waals surface area contributed by atoms with Gasteiger partial charge in [-0.1, -0.05) is 52.6 Å². The fourth-order valence-corrected chi connectivity index (χ4v) is 3.18. The average molecular weight is 427 g/mol. The van der Waals surface area contributed by atoms with Gasteiger partial charge in [-0.25, -0.2) is 0 Å². The van der Waals surface area contributed by atoms with Gasteiger partial charge in [0.25, 0.3) is 5.89 Å². The van der Waals surface area contributed by atoms with Crippen molar-refractivity contribution in [3.63, 3.8) is 0 Å². The first-order chi connectivity index (χ1) is 14.1. The maximum atomic E-state index is 6.14. The first kappa shape index (κ1) is 19.3. The molecule has 0 saturated carbocycles. The van der Waals surface area contributed by atoms with Gasteiger partial charge in [-0.05, 0) is 48.0 Å². The van der Waals surface area contributed by atoms with Gasteiger partial charge >= 0.3 is 0 Å². The number of halogens is 2. The molecule has 4 aromatic rings. The molecule has 0 aliphatic heterocycles. The van der Waals surface area contributed by atoms with Gasteiger partial charge < -0.3 is 14.0 Å². The van der Waals surface area contributed by atoms with Gasteiger partial charge in [-0.2, -0.15) is 4.98 Å². The normalized spacial score (nSPS) is 10.7. The van der Waals surface area contributed by atoms with Crippen molar-refractivity contribution in [2.24, 2.45) is 0 Å². The monoisotopic (exact) mass is 426 g/mol. The van der Waals surface area contributed by atoms with Crippen molar-refractivity contribution in [3.05, 3.63) is 82.3 Å². The minimum Gasteiger partial charge on any atom is -0.496 e. The molecule has 4 rings (SSSR count). The Morgan fingerprint density at radius 3 is 2.62 bits per heavy atom. The van der Waals surface area contributed by atoms with Crippen LogP contribution in [0.5, 0.6) is 11.5 Å². The van der Waals surface area contributed by atoms with E-state index in [1.54, 1.807) is 31.4 Å². The molecule has 0 spiro atoms. The van der Waals surface area contributed by atoms with E-state index in [0.29, 0.717) is 45.4 Å². The fraction of sp³-hybridized carbons (Fsp3) is 0.0909. The Labute approximate surface area is 177 Å². The molecule has 0 aliphatic rings. The van der Waals surface area contributed by atoms with Crippen LogP contribution in [0.3, 0.4) is 0 Å². The predicted molar refractivity (Wildman–Crippen MR) is 113 cm³/mol. The van der Waals surface area contributed by atoms with Gasteiger partial charge in [0.1, 0.15) is 18.1 Å². The highest BCUT2D eigenvalue weighted by molar-refractivity contribution is 6.32. The summed E-state index contributed by atoms with van der Waals surface area (Å²) in [6, 6.07) is 20.3. The molecule has 1 heterocycles. The van der Waals surface area contributed by atoms with E-state index in [2.05, 4.69) is 10.1 Å². The summed E-state index contributed by atoms with van der Waals surface area (Å²) in [6.45, 7) is 0.362. The van der Waals surface area contributed by atoms with E-state index in [-0.39, 0.29) is 0 Å². The lowest BCUT2D eigenvalue weighted by Crippen LogP contribution is -1.96. The minimum atomic E-state index is 0.362. The van der Waals surface area contributed by atoms with E-state index in [9.17, 15) is 0 Å². The Balaban J connectivity index is 1.57. The van der Waals surface area contributed by atoms with Crippen LogP contribution in [0, 0.1) is 0 Å². The molecular formula is C22H16Cl2N2O3. The van der Waals surface area contributed by atoms with Gasteiger partial charge in [0, 0.05) is 10.6 Å². The summed E-state index contributed by atoms with van der Waals surface area (Å²) in [5.41, 5.74) is 2.39. The van der Waals surface area contributed by atoms with Crippen LogP contribution >= 0.6 is 23.2 Å². The molecule has 0 saturated heterocycles. The quantitative estimate of drug-likeness (QED) is 0.362. The number of rotatable bonds is 6. The van der Waals surface area contributed by atoms with Crippen LogP contribution < -0.4 is 9.47 Å². The lowest BCUT2D eigenvalue weighted by atomic mass is 10.1. The molecule has 146 valence electrons. The van der Waals surface area contributed by atoms with Crippen molar-refractivity contribution >= 4 is 23.2 Å². The standard InChI is InChI=1S/C22H16Cl2N2O3/c1-27-19-10-9-16(23)12-17(19)21-25-22(29-26-21)15-6-4-5-14(11-15)13-28-20-8-3-2-7-18(20)24/h2-12H,13H2,1H3. The highest BCUT2D eigenvalue weighted by Crippen LogP contribution is 2.32. The second-order valence-electron chi connectivity index (χ2n) is 6.19. The Kier molecular flexibility index (Phi) is 5.69. The molecule has 0 fully saturated rings. The Morgan fingerprint density at radius 1 is 0.931 bits per heavy atom. The van der Waals surface area contributed by atoms with Crippen LogP contribution in [0.25, 0.3) is 22.8 Å².